The largest absolute Gasteiger partial charge is 0.379 e. The Kier molecular flexibility index (Phi) is 5.16. The lowest BCUT2D eigenvalue weighted by atomic mass is 10.2. The third-order valence-electron chi connectivity index (χ3n) is 3.12. The van der Waals surface area contributed by atoms with Gasteiger partial charge in [0, 0.05) is 28.4 Å². The Morgan fingerprint density at radius 2 is 2.14 bits per heavy atom. The van der Waals surface area contributed by atoms with Crippen LogP contribution in [0.15, 0.2) is 24.3 Å². The van der Waals surface area contributed by atoms with Gasteiger partial charge in [-0.25, -0.2) is 0 Å². The standard InChI is InChI=1S/C14H17IN4O2/c1-10-8-11(2)18(17-10)7-3-6-16-13-5-4-12(15)9-14(13)19(20)21/h4-5,8-9,16H,3,6-7H2,1-2H3. The smallest absolute Gasteiger partial charge is 0.293 e. The number of anilines is 1. The van der Waals surface area contributed by atoms with Crippen molar-refractivity contribution in [2.45, 2.75) is 26.8 Å². The quantitative estimate of drug-likeness (QED) is 0.349. The van der Waals surface area contributed by atoms with Crippen molar-refractivity contribution >= 4 is 34.0 Å². The van der Waals surface area contributed by atoms with E-state index in [0.29, 0.717) is 12.2 Å². The summed E-state index contributed by atoms with van der Waals surface area (Å²) >= 11 is 2.07. The van der Waals surface area contributed by atoms with Gasteiger partial charge in [0.1, 0.15) is 5.69 Å². The number of halogens is 1. The van der Waals surface area contributed by atoms with Crippen LogP contribution in [0.25, 0.3) is 0 Å². The van der Waals surface area contributed by atoms with Gasteiger partial charge in [0.2, 0.25) is 0 Å². The summed E-state index contributed by atoms with van der Waals surface area (Å²) in [4.78, 5) is 10.7. The molecule has 0 aliphatic heterocycles. The summed E-state index contributed by atoms with van der Waals surface area (Å²) in [6, 6.07) is 7.22. The lowest BCUT2D eigenvalue weighted by Gasteiger charge is -2.08. The number of nitro benzene ring substituents is 1. The summed E-state index contributed by atoms with van der Waals surface area (Å²) in [6.45, 7) is 5.46. The minimum Gasteiger partial charge on any atom is -0.379 e. The number of benzene rings is 1. The van der Waals surface area contributed by atoms with Crippen LogP contribution >= 0.6 is 22.6 Å². The maximum absolute atomic E-state index is 11.0. The van der Waals surface area contributed by atoms with Crippen LogP contribution in [0.1, 0.15) is 17.8 Å². The van der Waals surface area contributed by atoms with E-state index < -0.39 is 0 Å². The van der Waals surface area contributed by atoms with Crippen molar-refractivity contribution in [3.63, 3.8) is 0 Å². The van der Waals surface area contributed by atoms with Gasteiger partial charge in [0.15, 0.2) is 0 Å². The fourth-order valence-corrected chi connectivity index (χ4v) is 2.63. The first-order valence-electron chi connectivity index (χ1n) is 6.66. The number of nitrogens with one attached hydrogen (secondary N) is 1. The Morgan fingerprint density at radius 1 is 1.38 bits per heavy atom. The summed E-state index contributed by atoms with van der Waals surface area (Å²) in [5.74, 6) is 0. The molecule has 0 spiro atoms. The van der Waals surface area contributed by atoms with Crippen LogP contribution in [-0.4, -0.2) is 21.2 Å². The van der Waals surface area contributed by atoms with Gasteiger partial charge >= 0.3 is 0 Å². The Labute approximate surface area is 136 Å². The molecule has 1 heterocycles. The van der Waals surface area contributed by atoms with Crippen molar-refractivity contribution in [3.8, 4) is 0 Å². The molecule has 0 aliphatic rings. The van der Waals surface area contributed by atoms with Crippen LogP contribution in [-0.2, 0) is 6.54 Å². The van der Waals surface area contributed by atoms with Crippen molar-refractivity contribution in [3.05, 3.63) is 49.3 Å². The van der Waals surface area contributed by atoms with Crippen molar-refractivity contribution in [1.82, 2.24) is 9.78 Å². The van der Waals surface area contributed by atoms with Crippen LogP contribution < -0.4 is 5.32 Å². The van der Waals surface area contributed by atoms with Crippen LogP contribution in [0.4, 0.5) is 11.4 Å². The van der Waals surface area contributed by atoms with E-state index >= 15 is 0 Å². The molecule has 1 N–H and O–H groups in total. The highest BCUT2D eigenvalue weighted by atomic mass is 127. The Hall–Kier alpha value is -1.64. The SMILES string of the molecule is Cc1cc(C)n(CCCNc2ccc(I)cc2[N+](=O)[O-])n1. The molecule has 1 aromatic heterocycles. The molecule has 0 saturated heterocycles. The molecule has 0 bridgehead atoms. The predicted molar refractivity (Wildman–Crippen MR) is 90.6 cm³/mol. The van der Waals surface area contributed by atoms with E-state index in [1.54, 1.807) is 12.1 Å². The third-order valence-corrected chi connectivity index (χ3v) is 3.79. The molecule has 0 aliphatic carbocycles. The highest BCUT2D eigenvalue weighted by Gasteiger charge is 2.13. The highest BCUT2D eigenvalue weighted by Crippen LogP contribution is 2.26. The normalized spacial score (nSPS) is 10.6. The van der Waals surface area contributed by atoms with Gasteiger partial charge in [-0.2, -0.15) is 5.10 Å². The van der Waals surface area contributed by atoms with Crippen molar-refractivity contribution in [2.75, 3.05) is 11.9 Å². The lowest BCUT2D eigenvalue weighted by Crippen LogP contribution is -2.10. The lowest BCUT2D eigenvalue weighted by molar-refractivity contribution is -0.384. The van der Waals surface area contributed by atoms with Gasteiger partial charge < -0.3 is 5.32 Å². The summed E-state index contributed by atoms with van der Waals surface area (Å²) in [5.41, 5.74) is 2.82. The van der Waals surface area contributed by atoms with E-state index in [4.69, 9.17) is 0 Å². The van der Waals surface area contributed by atoms with Crippen LogP contribution in [0.5, 0.6) is 0 Å². The molecule has 7 heteroatoms. The zero-order chi connectivity index (χ0) is 15.4. The number of hydrogen-bond donors (Lipinski definition) is 1. The number of aromatic nitrogens is 2. The first kappa shape index (κ1) is 15.7. The topological polar surface area (TPSA) is 73.0 Å². The average molecular weight is 400 g/mol. The minimum atomic E-state index is -0.356. The monoisotopic (exact) mass is 400 g/mol. The average Bonchev–Trinajstić information content (AvgIpc) is 2.74. The van der Waals surface area contributed by atoms with E-state index in [9.17, 15) is 10.1 Å². The molecule has 1 aromatic carbocycles. The van der Waals surface area contributed by atoms with E-state index in [1.165, 1.54) is 0 Å². The summed E-state index contributed by atoms with van der Waals surface area (Å²) in [7, 11) is 0. The van der Waals surface area contributed by atoms with Crippen LogP contribution in [0.3, 0.4) is 0 Å². The Morgan fingerprint density at radius 3 is 2.76 bits per heavy atom. The summed E-state index contributed by atoms with van der Waals surface area (Å²) in [6.07, 6.45) is 0.852. The van der Waals surface area contributed by atoms with E-state index in [1.807, 2.05) is 30.7 Å². The molecule has 0 atom stereocenters. The third kappa shape index (κ3) is 4.16. The number of nitro groups is 1. The zero-order valence-electron chi connectivity index (χ0n) is 12.0. The summed E-state index contributed by atoms with van der Waals surface area (Å²) in [5, 5.41) is 18.5. The van der Waals surface area contributed by atoms with Gasteiger partial charge in [-0.15, -0.1) is 0 Å². The van der Waals surface area contributed by atoms with Crippen LogP contribution in [0.2, 0.25) is 0 Å². The van der Waals surface area contributed by atoms with Gasteiger partial charge in [-0.1, -0.05) is 0 Å². The second kappa shape index (κ2) is 6.88. The Balaban J connectivity index is 1.92. The van der Waals surface area contributed by atoms with Gasteiger partial charge in [0.05, 0.1) is 10.6 Å². The minimum absolute atomic E-state index is 0.119. The number of hydrogen-bond acceptors (Lipinski definition) is 4. The molecular formula is C14H17IN4O2. The molecule has 0 amide bonds. The maximum atomic E-state index is 11.0. The second-order valence-electron chi connectivity index (χ2n) is 4.85. The fraction of sp³-hybridized carbons (Fsp3) is 0.357. The van der Waals surface area contributed by atoms with E-state index in [-0.39, 0.29) is 10.6 Å². The molecule has 0 radical (unpaired) electrons. The zero-order valence-corrected chi connectivity index (χ0v) is 14.1. The second-order valence-corrected chi connectivity index (χ2v) is 6.09. The first-order valence-corrected chi connectivity index (χ1v) is 7.74. The van der Waals surface area contributed by atoms with Gasteiger partial charge in [0.25, 0.3) is 5.69 Å². The van der Waals surface area contributed by atoms with Crippen molar-refractivity contribution in [2.24, 2.45) is 0 Å². The molecule has 0 saturated carbocycles. The number of aryl methyl sites for hydroxylation is 3. The molecule has 112 valence electrons. The maximum Gasteiger partial charge on any atom is 0.293 e. The molecular weight excluding hydrogens is 383 g/mol. The van der Waals surface area contributed by atoms with E-state index in [2.05, 4.69) is 33.0 Å². The first-order chi connectivity index (χ1) is 9.97. The highest BCUT2D eigenvalue weighted by molar-refractivity contribution is 14.1. The number of nitrogens with zero attached hydrogens (tertiary/aromatic N) is 3. The predicted octanol–water partition coefficient (Wildman–Crippen LogP) is 3.51. The van der Waals surface area contributed by atoms with E-state index in [0.717, 1.165) is 27.9 Å². The Bertz CT molecular complexity index is 654. The molecule has 2 rings (SSSR count). The molecule has 0 fully saturated rings. The number of rotatable bonds is 6. The van der Waals surface area contributed by atoms with Crippen molar-refractivity contribution < 1.29 is 4.92 Å². The fourth-order valence-electron chi connectivity index (χ4n) is 2.16. The van der Waals surface area contributed by atoms with Crippen molar-refractivity contribution in [1.29, 1.82) is 0 Å². The molecule has 0 unspecified atom stereocenters. The molecule has 2 aromatic rings. The molecule has 6 nitrogen and oxygen atoms in total. The van der Waals surface area contributed by atoms with Gasteiger partial charge in [-0.05, 0) is 61.1 Å². The van der Waals surface area contributed by atoms with Gasteiger partial charge in [-0.3, -0.25) is 14.8 Å². The van der Waals surface area contributed by atoms with Crippen LogP contribution in [0, 0.1) is 27.5 Å². The summed E-state index contributed by atoms with van der Waals surface area (Å²) < 4.78 is 2.81. The molecule has 21 heavy (non-hydrogen) atoms.